The number of hydrogen-bond acceptors (Lipinski definition) is 30. The average Bonchev–Trinajstić information content (AvgIpc) is 2.85. The highest BCUT2D eigenvalue weighted by Crippen LogP contribution is 2.51. The summed E-state index contributed by atoms with van der Waals surface area (Å²) in [7, 11) is -37.3. The molecule has 7 aromatic carbocycles. The van der Waals surface area contributed by atoms with Gasteiger partial charge in [-0.15, -0.1) is 40.9 Å². The van der Waals surface area contributed by atoms with E-state index in [0.29, 0.717) is 42.5 Å². The van der Waals surface area contributed by atoms with Gasteiger partial charge in [0.15, 0.2) is 17.2 Å². The fourth-order valence-electron chi connectivity index (χ4n) is 8.08. The maximum Gasteiger partial charge on any atom is 0.297 e. The Morgan fingerprint density at radius 3 is 1.49 bits per heavy atom. The number of aromatic nitrogens is 2. The van der Waals surface area contributed by atoms with Crippen molar-refractivity contribution < 1.29 is 116 Å². The van der Waals surface area contributed by atoms with Crippen LogP contribution in [0.3, 0.4) is 0 Å². The van der Waals surface area contributed by atoms with Crippen molar-refractivity contribution >= 4 is 149 Å². The fourth-order valence-corrected chi connectivity index (χ4v) is 12.6. The minimum atomic E-state index is -5.79. The number of nitrogens with zero attached hydrogens (tertiary/aromatic N) is 11. The van der Waals surface area contributed by atoms with Gasteiger partial charge < -0.3 is 25.8 Å². The number of methoxy groups -OCH3 is 1. The number of phenolic OH excluding ortho intramolecular Hbond substituents is 2. The number of nitro benzene ring substituents is 1. The first-order valence-electron chi connectivity index (χ1n) is 22.8. The van der Waals surface area contributed by atoms with Crippen molar-refractivity contribution in [1.29, 1.82) is 0 Å². The maximum absolute atomic E-state index is 13.2. The summed E-state index contributed by atoms with van der Waals surface area (Å²) >= 11 is 0. The molecule has 0 bridgehead atoms. The number of nitrogens with two attached hydrogens (primary N) is 1. The lowest BCUT2D eigenvalue weighted by Gasteiger charge is -2.15. The predicted molar refractivity (Wildman–Crippen MR) is 297 cm³/mol. The van der Waals surface area contributed by atoms with Gasteiger partial charge in [-0.05, 0) is 73.7 Å². The van der Waals surface area contributed by atoms with E-state index < -0.39 is 212 Å². The highest BCUT2D eigenvalue weighted by atomic mass is 32.2. The first-order valence-corrected chi connectivity index (χ1v) is 32.8. The van der Waals surface area contributed by atoms with E-state index >= 15 is 0 Å². The van der Waals surface area contributed by atoms with Crippen molar-refractivity contribution in [2.45, 2.75) is 41.2 Å². The molecule has 0 amide bonds. The summed E-state index contributed by atoms with van der Waals surface area (Å²) in [5.74, 6) is -4.33. The summed E-state index contributed by atoms with van der Waals surface area (Å²) in [6.07, 6.45) is 0. The lowest BCUT2D eigenvalue weighted by molar-refractivity contribution is -0.385. The number of aromatic hydroxyl groups is 3. The zero-order valence-corrected chi connectivity index (χ0v) is 49.1. The smallest absolute Gasteiger partial charge is 0.297 e. The summed E-state index contributed by atoms with van der Waals surface area (Å²) in [5, 5.41) is 74.6. The number of fused-ring (bicyclic) bond motifs is 2. The maximum atomic E-state index is 13.2. The SMILES string of the molecule is COc1cc(S(=O)(=O)O)c(N=Nc2c(C)nn(-c3ccc(S(=O)(=O)O)cc3)c2O)cc1N=Nc1c(S(=O)(=O)O)cc2c(S(=O)(=O)O)c(N=Nc3cc(S(=O)(=O)O)c4cc(S(=O)(=O)O)c(N=Nc5ccc([N+](=O)[O-])cc5S(=O)(=O)O)c(O)c4c3N)ccc2c1O. The summed E-state index contributed by atoms with van der Waals surface area (Å²) in [6, 6.07) is 9.21. The van der Waals surface area contributed by atoms with Crippen molar-refractivity contribution in [2.75, 3.05) is 12.8 Å². The number of non-ortho nitro benzene ring substituents is 1. The molecule has 0 aliphatic carbocycles. The summed E-state index contributed by atoms with van der Waals surface area (Å²) in [6.45, 7) is 1.29. The Morgan fingerprint density at radius 1 is 0.483 bits per heavy atom. The first kappa shape index (κ1) is 65.4. The molecule has 89 heavy (non-hydrogen) atoms. The van der Waals surface area contributed by atoms with Gasteiger partial charge in [-0.1, -0.05) is 0 Å². The van der Waals surface area contributed by atoms with E-state index in [1.54, 1.807) is 0 Å². The van der Waals surface area contributed by atoms with E-state index in [9.17, 15) is 116 Å². The number of nitro groups is 1. The van der Waals surface area contributed by atoms with Crippen LogP contribution in [0.25, 0.3) is 27.2 Å². The number of rotatable bonds is 18. The molecule has 0 saturated carbocycles. The van der Waals surface area contributed by atoms with Crippen LogP contribution in [0.15, 0.2) is 160 Å². The normalized spacial score (nSPS) is 13.3. The number of phenols is 2. The van der Waals surface area contributed by atoms with Crippen molar-refractivity contribution in [3.63, 3.8) is 0 Å². The molecule has 468 valence electrons. The van der Waals surface area contributed by atoms with E-state index in [-0.39, 0.29) is 23.5 Å². The van der Waals surface area contributed by atoms with Gasteiger partial charge in [-0.25, -0.2) is 0 Å². The van der Waals surface area contributed by atoms with Crippen LogP contribution in [0.1, 0.15) is 5.69 Å². The third-order valence-electron chi connectivity index (χ3n) is 12.0. The zero-order valence-electron chi connectivity index (χ0n) is 43.3. The Bertz CT molecular complexity index is 5410. The molecule has 8 rings (SSSR count). The minimum absolute atomic E-state index is 0.0108. The number of nitrogen functional groups attached to an aromatic ring is 1. The van der Waals surface area contributed by atoms with Crippen molar-refractivity contribution in [3.8, 4) is 28.8 Å². The third kappa shape index (κ3) is 13.2. The topological polar surface area (TPSA) is 636 Å². The van der Waals surface area contributed by atoms with Gasteiger partial charge in [0.1, 0.15) is 74.9 Å². The number of ether oxygens (including phenoxy) is 1. The molecule has 12 N–H and O–H groups in total. The van der Waals surface area contributed by atoms with Crippen LogP contribution in [0.2, 0.25) is 0 Å². The summed E-state index contributed by atoms with van der Waals surface area (Å²) in [4.78, 5) is 1.38. The fraction of sp³-hybridized carbons (Fsp3) is 0.0465. The Hall–Kier alpha value is -9.56. The lowest BCUT2D eigenvalue weighted by Crippen LogP contribution is -2.04. The van der Waals surface area contributed by atoms with Gasteiger partial charge in [0.2, 0.25) is 5.88 Å². The molecule has 1 heterocycles. The lowest BCUT2D eigenvalue weighted by atomic mass is 10.0. The van der Waals surface area contributed by atoms with Crippen LogP contribution in [-0.2, 0) is 70.8 Å². The standard InChI is InChI=1S/C43H32N12O27S7/c1-17-37(43(58)54(53-17)18-3-6-20(7-4-18)83(61,62)63)50-48-27-14-26(29(82-2)16-32(27)86(70,71)72)47-51-38-33(87(73,74)75)12-22-21(40(38)56)8-10-25(42(22)89(79,80)81)46-49-28-15-30(84(64,65)66)23-13-34(88(76,77)78)39(41(57)35(23)36(28)44)52-45-24-9-5-19(55(59)60)11-31(24)85(67,68)69/h3-16,56-58H,44H2,1-2H3,(H,61,62,63)(H,64,65,66)(H,67,68,69)(H,70,71,72)(H,73,74,75)(H,76,77,78)(H,79,80,81). The largest absolute Gasteiger partial charge is 0.505 e. The van der Waals surface area contributed by atoms with Gasteiger partial charge in [-0.3, -0.25) is 42.0 Å². The van der Waals surface area contributed by atoms with Gasteiger partial charge >= 0.3 is 0 Å². The Kier molecular flexibility index (Phi) is 16.8. The second-order valence-corrected chi connectivity index (χ2v) is 27.3. The van der Waals surface area contributed by atoms with Crippen LogP contribution in [-0.4, -0.2) is 128 Å². The highest BCUT2D eigenvalue weighted by molar-refractivity contribution is 7.87. The van der Waals surface area contributed by atoms with Crippen molar-refractivity contribution in [1.82, 2.24) is 9.78 Å². The van der Waals surface area contributed by atoms with E-state index in [4.69, 9.17) is 10.5 Å². The minimum Gasteiger partial charge on any atom is -0.505 e. The first-order chi connectivity index (χ1) is 40.9. The van der Waals surface area contributed by atoms with E-state index in [0.717, 1.165) is 42.1 Å². The molecule has 0 fully saturated rings. The number of azo groups is 4. The molecule has 0 saturated heterocycles. The summed E-state index contributed by atoms with van der Waals surface area (Å²) < 4.78 is 252. The second kappa shape index (κ2) is 22.9. The van der Waals surface area contributed by atoms with E-state index in [2.05, 4.69) is 46.0 Å². The Labute approximate surface area is 496 Å². The van der Waals surface area contributed by atoms with Crippen LogP contribution in [0, 0.1) is 17.0 Å². The Balaban J connectivity index is 1.26. The number of benzene rings is 7. The van der Waals surface area contributed by atoms with Crippen LogP contribution in [0.4, 0.5) is 56.9 Å². The second-order valence-electron chi connectivity index (χ2n) is 17.6. The molecule has 0 spiro atoms. The zero-order chi connectivity index (χ0) is 66.2. The summed E-state index contributed by atoms with van der Waals surface area (Å²) in [5.41, 5.74) is -3.41. The molecular weight excluding hydrogens is 1340 g/mol. The quantitative estimate of drug-likeness (QED) is 0.0130. The molecule has 0 radical (unpaired) electrons. The van der Waals surface area contributed by atoms with Gasteiger partial charge in [0.05, 0.1) is 39.4 Å². The Morgan fingerprint density at radius 2 is 0.966 bits per heavy atom. The monoisotopic (exact) mass is 1370 g/mol. The molecule has 0 atom stereocenters. The van der Waals surface area contributed by atoms with E-state index in [1.807, 2.05) is 0 Å². The molecule has 0 aliphatic rings. The van der Waals surface area contributed by atoms with E-state index in [1.165, 1.54) is 6.92 Å². The number of anilines is 1. The predicted octanol–water partition coefficient (Wildman–Crippen LogP) is 7.49. The molecule has 0 unspecified atom stereocenters. The molecule has 39 nitrogen and oxygen atoms in total. The molecule has 0 aliphatic heterocycles. The van der Waals surface area contributed by atoms with Crippen LogP contribution >= 0.6 is 0 Å². The van der Waals surface area contributed by atoms with Gasteiger partial charge in [-0.2, -0.15) is 68.7 Å². The molecule has 1 aromatic heterocycles. The average molecular weight is 1370 g/mol. The van der Waals surface area contributed by atoms with Crippen molar-refractivity contribution in [3.05, 3.63) is 101 Å². The molecular formula is C43H32N12O27S7. The number of aryl methyl sites for hydroxylation is 1. The number of hydrogen-bond donors (Lipinski definition) is 11. The van der Waals surface area contributed by atoms with Crippen LogP contribution < -0.4 is 10.5 Å². The highest BCUT2D eigenvalue weighted by Gasteiger charge is 2.32. The third-order valence-corrected chi connectivity index (χ3v) is 18.2. The molecule has 46 heteroatoms. The van der Waals surface area contributed by atoms with Gasteiger partial charge in [0.25, 0.3) is 76.5 Å². The van der Waals surface area contributed by atoms with Gasteiger partial charge in [0, 0.05) is 34.4 Å². The van der Waals surface area contributed by atoms with Crippen molar-refractivity contribution in [2.24, 2.45) is 40.9 Å². The molecule has 8 aromatic rings. The van der Waals surface area contributed by atoms with Crippen LogP contribution in [0.5, 0.6) is 23.1 Å².